The van der Waals surface area contributed by atoms with Crippen molar-refractivity contribution in [1.82, 2.24) is 5.32 Å². The van der Waals surface area contributed by atoms with Crippen LogP contribution in [0.3, 0.4) is 0 Å². The molecule has 60 valence electrons. The van der Waals surface area contributed by atoms with E-state index in [1.54, 1.807) is 7.05 Å². The second-order valence-corrected chi connectivity index (χ2v) is 1.76. The Morgan fingerprint density at radius 2 is 2.30 bits per heavy atom. The van der Waals surface area contributed by atoms with Crippen LogP contribution in [-0.2, 0) is 14.3 Å². The Morgan fingerprint density at radius 3 is 2.80 bits per heavy atom. The molecule has 0 aliphatic carbocycles. The quantitative estimate of drug-likeness (QED) is 0.416. The van der Waals surface area contributed by atoms with Gasteiger partial charge >= 0.3 is 5.97 Å². The van der Waals surface area contributed by atoms with Gasteiger partial charge in [0.25, 0.3) is 0 Å². The van der Waals surface area contributed by atoms with E-state index in [-0.39, 0.29) is 12.6 Å². The third-order valence-corrected chi connectivity index (χ3v) is 0.877. The molecule has 0 aliphatic heterocycles. The van der Waals surface area contributed by atoms with E-state index in [2.05, 4.69) is 10.1 Å². The molecule has 0 radical (unpaired) electrons. The van der Waals surface area contributed by atoms with Gasteiger partial charge in [-0.05, 0) is 7.05 Å². The predicted molar refractivity (Wildman–Crippen MR) is 36.8 cm³/mol. The molecule has 0 amide bonds. The highest BCUT2D eigenvalue weighted by molar-refractivity contribution is 5.70. The summed E-state index contributed by atoms with van der Waals surface area (Å²) in [5.74, 6) is -0.322. The molecule has 0 rings (SSSR count). The zero-order valence-electron chi connectivity index (χ0n) is 6.35. The van der Waals surface area contributed by atoms with Gasteiger partial charge < -0.3 is 14.8 Å². The lowest BCUT2D eigenvalue weighted by atomic mass is 10.6. The zero-order valence-corrected chi connectivity index (χ0v) is 6.35. The van der Waals surface area contributed by atoms with Crippen LogP contribution in [0.1, 0.15) is 0 Å². The van der Waals surface area contributed by atoms with E-state index in [1.165, 1.54) is 7.11 Å². The Morgan fingerprint density at radius 1 is 1.60 bits per heavy atom. The average molecular weight is 147 g/mol. The van der Waals surface area contributed by atoms with Crippen molar-refractivity contribution < 1.29 is 14.3 Å². The molecule has 0 saturated heterocycles. The SMILES string of the molecule is CNCCOC(=O)COC. The van der Waals surface area contributed by atoms with Crippen molar-refractivity contribution in [2.75, 3.05) is 33.9 Å². The van der Waals surface area contributed by atoms with Crippen LogP contribution in [0.4, 0.5) is 0 Å². The van der Waals surface area contributed by atoms with Gasteiger partial charge in [-0.25, -0.2) is 4.79 Å². The minimum atomic E-state index is -0.322. The summed E-state index contributed by atoms with van der Waals surface area (Å²) in [4.78, 5) is 10.5. The normalized spacial score (nSPS) is 9.40. The molecule has 0 aromatic carbocycles. The van der Waals surface area contributed by atoms with Crippen LogP contribution in [-0.4, -0.2) is 39.9 Å². The number of hydrogen-bond donors (Lipinski definition) is 1. The van der Waals surface area contributed by atoms with Crippen molar-refractivity contribution in [2.24, 2.45) is 0 Å². The van der Waals surface area contributed by atoms with Crippen molar-refractivity contribution in [3.63, 3.8) is 0 Å². The van der Waals surface area contributed by atoms with Crippen molar-refractivity contribution in [3.05, 3.63) is 0 Å². The summed E-state index contributed by atoms with van der Waals surface area (Å²) >= 11 is 0. The highest BCUT2D eigenvalue weighted by Gasteiger charge is 1.98. The summed E-state index contributed by atoms with van der Waals surface area (Å²) in [6.45, 7) is 1.11. The molecule has 0 aliphatic rings. The Hall–Kier alpha value is -0.610. The Kier molecular flexibility index (Phi) is 6.11. The molecule has 10 heavy (non-hydrogen) atoms. The molecule has 0 saturated carbocycles. The third kappa shape index (κ3) is 5.53. The lowest BCUT2D eigenvalue weighted by Crippen LogP contribution is -2.19. The number of methoxy groups -OCH3 is 1. The molecular weight excluding hydrogens is 134 g/mol. The standard InChI is InChI=1S/C6H13NO3/c1-7-3-4-10-6(8)5-9-2/h7H,3-5H2,1-2H3. The number of esters is 1. The lowest BCUT2D eigenvalue weighted by molar-refractivity contribution is -0.147. The fraction of sp³-hybridized carbons (Fsp3) is 0.833. The molecule has 0 spiro atoms. The third-order valence-electron chi connectivity index (χ3n) is 0.877. The van der Waals surface area contributed by atoms with Gasteiger partial charge in [0.15, 0.2) is 0 Å². The smallest absolute Gasteiger partial charge is 0.332 e. The van der Waals surface area contributed by atoms with E-state index in [4.69, 9.17) is 4.74 Å². The second kappa shape index (κ2) is 6.51. The van der Waals surface area contributed by atoms with Crippen LogP contribution in [0.25, 0.3) is 0 Å². The molecular formula is C6H13NO3. The zero-order chi connectivity index (χ0) is 7.82. The fourth-order valence-corrected chi connectivity index (χ4v) is 0.426. The van der Waals surface area contributed by atoms with Gasteiger partial charge in [-0.1, -0.05) is 0 Å². The Balaban J connectivity index is 3.05. The minimum Gasteiger partial charge on any atom is -0.463 e. The summed E-state index contributed by atoms with van der Waals surface area (Å²) in [5.41, 5.74) is 0. The van der Waals surface area contributed by atoms with Gasteiger partial charge in [0.1, 0.15) is 13.2 Å². The van der Waals surface area contributed by atoms with Gasteiger partial charge in [-0.15, -0.1) is 0 Å². The first kappa shape index (κ1) is 9.39. The monoisotopic (exact) mass is 147 g/mol. The summed E-state index contributed by atoms with van der Waals surface area (Å²) in [6.07, 6.45) is 0. The van der Waals surface area contributed by atoms with E-state index in [0.717, 1.165) is 0 Å². The van der Waals surface area contributed by atoms with Crippen LogP contribution < -0.4 is 5.32 Å². The van der Waals surface area contributed by atoms with E-state index < -0.39 is 0 Å². The van der Waals surface area contributed by atoms with Crippen LogP contribution in [0.2, 0.25) is 0 Å². The van der Waals surface area contributed by atoms with E-state index in [1.807, 2.05) is 0 Å². The van der Waals surface area contributed by atoms with E-state index in [0.29, 0.717) is 13.2 Å². The highest BCUT2D eigenvalue weighted by Crippen LogP contribution is 1.77. The van der Waals surface area contributed by atoms with Crippen molar-refractivity contribution in [1.29, 1.82) is 0 Å². The van der Waals surface area contributed by atoms with Gasteiger partial charge in [0, 0.05) is 13.7 Å². The molecule has 0 aromatic heterocycles. The molecule has 0 bridgehead atoms. The fourth-order valence-electron chi connectivity index (χ4n) is 0.426. The number of carbonyl (C=O) groups is 1. The molecule has 4 nitrogen and oxygen atoms in total. The van der Waals surface area contributed by atoms with Gasteiger partial charge in [-0.2, -0.15) is 0 Å². The number of likely N-dealkylation sites (N-methyl/N-ethyl adjacent to an activating group) is 1. The van der Waals surface area contributed by atoms with Crippen LogP contribution in [0, 0.1) is 0 Å². The largest absolute Gasteiger partial charge is 0.463 e. The summed E-state index contributed by atoms with van der Waals surface area (Å²) < 4.78 is 9.24. The summed E-state index contributed by atoms with van der Waals surface area (Å²) in [7, 11) is 3.25. The molecule has 0 heterocycles. The molecule has 0 atom stereocenters. The average Bonchev–Trinajstić information content (AvgIpc) is 1.89. The predicted octanol–water partition coefficient (Wildman–Crippen LogP) is -0.605. The van der Waals surface area contributed by atoms with Crippen molar-refractivity contribution >= 4 is 5.97 Å². The van der Waals surface area contributed by atoms with E-state index >= 15 is 0 Å². The van der Waals surface area contributed by atoms with E-state index in [9.17, 15) is 4.79 Å². The number of carbonyl (C=O) groups excluding carboxylic acids is 1. The van der Waals surface area contributed by atoms with Crippen LogP contribution in [0.15, 0.2) is 0 Å². The van der Waals surface area contributed by atoms with Crippen molar-refractivity contribution in [2.45, 2.75) is 0 Å². The first-order valence-electron chi connectivity index (χ1n) is 3.10. The van der Waals surface area contributed by atoms with Crippen LogP contribution >= 0.6 is 0 Å². The maximum Gasteiger partial charge on any atom is 0.332 e. The first-order valence-corrected chi connectivity index (χ1v) is 3.10. The summed E-state index contributed by atoms with van der Waals surface area (Å²) in [5, 5.41) is 2.85. The second-order valence-electron chi connectivity index (χ2n) is 1.76. The lowest BCUT2D eigenvalue weighted by Gasteiger charge is -2.01. The maximum absolute atomic E-state index is 10.5. The molecule has 0 unspecified atom stereocenters. The number of rotatable bonds is 5. The van der Waals surface area contributed by atoms with Gasteiger partial charge in [0.2, 0.25) is 0 Å². The first-order chi connectivity index (χ1) is 4.81. The minimum absolute atomic E-state index is 0.0315. The molecule has 4 heteroatoms. The summed E-state index contributed by atoms with van der Waals surface area (Å²) in [6, 6.07) is 0. The van der Waals surface area contributed by atoms with Crippen LogP contribution in [0.5, 0.6) is 0 Å². The number of hydrogen-bond acceptors (Lipinski definition) is 4. The Bertz CT molecular complexity index is 95.0. The topological polar surface area (TPSA) is 47.6 Å². The van der Waals surface area contributed by atoms with Gasteiger partial charge in [0.05, 0.1) is 0 Å². The van der Waals surface area contributed by atoms with Gasteiger partial charge in [-0.3, -0.25) is 0 Å². The molecule has 0 fully saturated rings. The maximum atomic E-state index is 10.5. The molecule has 1 N–H and O–H groups in total. The number of nitrogens with one attached hydrogen (secondary N) is 1. The number of ether oxygens (including phenoxy) is 2. The highest BCUT2D eigenvalue weighted by atomic mass is 16.6. The Labute approximate surface area is 60.5 Å². The van der Waals surface area contributed by atoms with Crippen molar-refractivity contribution in [3.8, 4) is 0 Å². The molecule has 0 aromatic rings.